The molecule has 0 spiro atoms. The summed E-state index contributed by atoms with van der Waals surface area (Å²) in [6, 6.07) is 2.55. The third-order valence-electron chi connectivity index (χ3n) is 3.59. The molecule has 0 aromatic rings. The van der Waals surface area contributed by atoms with E-state index in [0.717, 1.165) is 31.4 Å². The van der Waals surface area contributed by atoms with Crippen molar-refractivity contribution >= 4 is 18.5 Å². The number of thiol groups is 1. The SMILES string of the molecule is N#CCCN(C(=O)CC1(CS)CC1)C1CC1. The van der Waals surface area contributed by atoms with Gasteiger partial charge in [0.15, 0.2) is 0 Å². The Balaban J connectivity index is 1.87. The maximum Gasteiger partial charge on any atom is 0.223 e. The smallest absolute Gasteiger partial charge is 0.223 e. The quantitative estimate of drug-likeness (QED) is 0.719. The third kappa shape index (κ3) is 2.70. The molecule has 3 nitrogen and oxygen atoms in total. The van der Waals surface area contributed by atoms with Crippen molar-refractivity contribution in [2.24, 2.45) is 5.41 Å². The fraction of sp³-hybridized carbons (Fsp3) is 0.833. The van der Waals surface area contributed by atoms with Gasteiger partial charge in [-0.25, -0.2) is 0 Å². The number of carbonyl (C=O) groups is 1. The van der Waals surface area contributed by atoms with Crippen LogP contribution < -0.4 is 0 Å². The second-order valence-electron chi connectivity index (χ2n) is 5.06. The molecule has 2 fully saturated rings. The lowest BCUT2D eigenvalue weighted by Crippen LogP contribution is -2.35. The Kier molecular flexibility index (Phi) is 3.44. The molecule has 2 saturated carbocycles. The molecular formula is C12H18N2OS. The van der Waals surface area contributed by atoms with Crippen molar-refractivity contribution in [2.75, 3.05) is 12.3 Å². The maximum atomic E-state index is 12.1. The van der Waals surface area contributed by atoms with Crippen LogP contribution in [0.5, 0.6) is 0 Å². The summed E-state index contributed by atoms with van der Waals surface area (Å²) in [6.45, 7) is 0.614. The van der Waals surface area contributed by atoms with Gasteiger partial charge in [0, 0.05) is 19.0 Å². The number of nitriles is 1. The van der Waals surface area contributed by atoms with E-state index in [1.807, 2.05) is 4.90 Å². The van der Waals surface area contributed by atoms with Gasteiger partial charge in [-0.05, 0) is 36.9 Å². The second kappa shape index (κ2) is 4.67. The average molecular weight is 238 g/mol. The van der Waals surface area contributed by atoms with Crippen molar-refractivity contribution in [3.8, 4) is 6.07 Å². The number of amides is 1. The van der Waals surface area contributed by atoms with Crippen molar-refractivity contribution in [2.45, 2.75) is 44.6 Å². The van der Waals surface area contributed by atoms with Crippen molar-refractivity contribution in [3.05, 3.63) is 0 Å². The summed E-state index contributed by atoms with van der Waals surface area (Å²) in [5.41, 5.74) is 0.194. The van der Waals surface area contributed by atoms with Crippen LogP contribution in [0.3, 0.4) is 0 Å². The van der Waals surface area contributed by atoms with Gasteiger partial charge in [-0.2, -0.15) is 17.9 Å². The van der Waals surface area contributed by atoms with Gasteiger partial charge in [-0.1, -0.05) is 0 Å². The largest absolute Gasteiger partial charge is 0.339 e. The van der Waals surface area contributed by atoms with Gasteiger partial charge < -0.3 is 4.90 Å². The van der Waals surface area contributed by atoms with Gasteiger partial charge in [0.2, 0.25) is 5.91 Å². The van der Waals surface area contributed by atoms with Crippen LogP contribution in [0.4, 0.5) is 0 Å². The number of nitrogens with zero attached hydrogens (tertiary/aromatic N) is 2. The topological polar surface area (TPSA) is 44.1 Å². The first-order valence-electron chi connectivity index (χ1n) is 5.98. The fourth-order valence-corrected chi connectivity index (χ4v) is 2.49. The highest BCUT2D eigenvalue weighted by Gasteiger charge is 2.45. The number of hydrogen-bond acceptors (Lipinski definition) is 3. The van der Waals surface area contributed by atoms with Gasteiger partial charge in [-0.3, -0.25) is 4.79 Å². The molecule has 0 bridgehead atoms. The van der Waals surface area contributed by atoms with E-state index in [9.17, 15) is 4.79 Å². The van der Waals surface area contributed by atoms with E-state index in [1.165, 1.54) is 0 Å². The van der Waals surface area contributed by atoms with E-state index < -0.39 is 0 Å². The zero-order valence-electron chi connectivity index (χ0n) is 9.48. The minimum atomic E-state index is 0.194. The summed E-state index contributed by atoms with van der Waals surface area (Å²) < 4.78 is 0. The van der Waals surface area contributed by atoms with E-state index >= 15 is 0 Å². The molecule has 0 aliphatic heterocycles. The Morgan fingerprint density at radius 1 is 1.50 bits per heavy atom. The van der Waals surface area contributed by atoms with E-state index in [0.29, 0.717) is 25.4 Å². The lowest BCUT2D eigenvalue weighted by Gasteiger charge is -2.23. The summed E-state index contributed by atoms with van der Waals surface area (Å²) in [6.07, 6.45) is 5.60. The molecule has 0 radical (unpaired) electrons. The zero-order chi connectivity index (χ0) is 11.6. The van der Waals surface area contributed by atoms with Crippen molar-refractivity contribution in [3.63, 3.8) is 0 Å². The molecule has 2 aliphatic rings. The van der Waals surface area contributed by atoms with Crippen LogP contribution in [0.2, 0.25) is 0 Å². The van der Waals surface area contributed by atoms with Crippen LogP contribution in [0.25, 0.3) is 0 Å². The number of rotatable bonds is 6. The normalized spacial score (nSPS) is 21.2. The molecule has 16 heavy (non-hydrogen) atoms. The molecule has 1 amide bonds. The van der Waals surface area contributed by atoms with Crippen LogP contribution in [-0.4, -0.2) is 29.1 Å². The molecular weight excluding hydrogens is 220 g/mol. The molecule has 4 heteroatoms. The van der Waals surface area contributed by atoms with Crippen molar-refractivity contribution < 1.29 is 4.79 Å². The van der Waals surface area contributed by atoms with E-state index in [-0.39, 0.29) is 11.3 Å². The average Bonchev–Trinajstić information content (AvgIpc) is 3.13. The molecule has 0 aromatic carbocycles. The van der Waals surface area contributed by atoms with Crippen molar-refractivity contribution in [1.29, 1.82) is 5.26 Å². The first kappa shape index (κ1) is 11.8. The van der Waals surface area contributed by atoms with Crippen LogP contribution in [0, 0.1) is 16.7 Å². The molecule has 88 valence electrons. The highest BCUT2D eigenvalue weighted by Crippen LogP contribution is 2.50. The summed E-state index contributed by atoms with van der Waals surface area (Å²) in [5.74, 6) is 1.06. The summed E-state index contributed by atoms with van der Waals surface area (Å²) in [5, 5.41) is 8.59. The first-order valence-corrected chi connectivity index (χ1v) is 6.61. The zero-order valence-corrected chi connectivity index (χ0v) is 10.4. The minimum absolute atomic E-state index is 0.194. The third-order valence-corrected chi connectivity index (χ3v) is 4.26. The molecule has 0 unspecified atom stereocenters. The first-order chi connectivity index (χ1) is 7.71. The summed E-state index contributed by atoms with van der Waals surface area (Å²) in [4.78, 5) is 14.1. The van der Waals surface area contributed by atoms with Gasteiger partial charge in [0.1, 0.15) is 0 Å². The standard InChI is InChI=1S/C12H18N2OS/c13-6-1-7-14(10-2-3-10)11(15)8-12(9-16)4-5-12/h10,16H,1-5,7-9H2. The minimum Gasteiger partial charge on any atom is -0.339 e. The van der Waals surface area contributed by atoms with Gasteiger partial charge in [-0.15, -0.1) is 0 Å². The van der Waals surface area contributed by atoms with Crippen LogP contribution >= 0.6 is 12.6 Å². The van der Waals surface area contributed by atoms with Gasteiger partial charge in [0.05, 0.1) is 12.5 Å². The van der Waals surface area contributed by atoms with E-state index in [1.54, 1.807) is 0 Å². The van der Waals surface area contributed by atoms with E-state index in [2.05, 4.69) is 18.7 Å². The molecule has 0 saturated heterocycles. The van der Waals surface area contributed by atoms with Gasteiger partial charge >= 0.3 is 0 Å². The fourth-order valence-electron chi connectivity index (χ4n) is 2.06. The van der Waals surface area contributed by atoms with Crippen LogP contribution in [-0.2, 0) is 4.79 Å². The van der Waals surface area contributed by atoms with Gasteiger partial charge in [0.25, 0.3) is 0 Å². The van der Waals surface area contributed by atoms with Crippen LogP contribution in [0.15, 0.2) is 0 Å². The Bertz CT molecular complexity index is 315. The summed E-state index contributed by atoms with van der Waals surface area (Å²) >= 11 is 4.32. The maximum absolute atomic E-state index is 12.1. The second-order valence-corrected chi connectivity index (χ2v) is 5.38. The van der Waals surface area contributed by atoms with E-state index in [4.69, 9.17) is 5.26 Å². The molecule has 2 aliphatic carbocycles. The molecule has 0 N–H and O–H groups in total. The molecule has 0 aromatic heterocycles. The monoisotopic (exact) mass is 238 g/mol. The number of hydrogen-bond donors (Lipinski definition) is 1. The lowest BCUT2D eigenvalue weighted by atomic mass is 10.0. The van der Waals surface area contributed by atoms with Crippen molar-refractivity contribution in [1.82, 2.24) is 4.90 Å². The summed E-state index contributed by atoms with van der Waals surface area (Å²) in [7, 11) is 0. The highest BCUT2D eigenvalue weighted by atomic mass is 32.1. The molecule has 0 heterocycles. The molecule has 2 rings (SSSR count). The van der Waals surface area contributed by atoms with Crippen LogP contribution in [0.1, 0.15) is 38.5 Å². The Morgan fingerprint density at radius 2 is 2.19 bits per heavy atom. The predicted octanol–water partition coefficient (Wildman–Crippen LogP) is 1.99. The molecule has 0 atom stereocenters. The lowest BCUT2D eigenvalue weighted by molar-refractivity contribution is -0.132. The number of carbonyl (C=O) groups excluding carboxylic acids is 1. The Hall–Kier alpha value is -0.690. The highest BCUT2D eigenvalue weighted by molar-refractivity contribution is 7.80. The predicted molar refractivity (Wildman–Crippen MR) is 65.1 cm³/mol. The Labute approximate surface area is 102 Å². The Morgan fingerprint density at radius 3 is 2.62 bits per heavy atom.